The molecule has 1 N–H and O–H groups in total. The van der Waals surface area contributed by atoms with Crippen molar-refractivity contribution in [3.05, 3.63) is 0 Å². The molecule has 3 unspecified atom stereocenters. The maximum Gasteiger partial charge on any atom is 0.182 e. The van der Waals surface area contributed by atoms with Crippen LogP contribution in [0, 0.1) is 16.2 Å². The van der Waals surface area contributed by atoms with Crippen molar-refractivity contribution < 1.29 is 9.84 Å². The third kappa shape index (κ3) is 2.73. The molecule has 0 radical (unpaired) electrons. The van der Waals surface area contributed by atoms with Gasteiger partial charge in [-0.2, -0.15) is 0 Å². The fourth-order valence-electron chi connectivity index (χ4n) is 2.46. The summed E-state index contributed by atoms with van der Waals surface area (Å²) < 4.78 is 5.31. The van der Waals surface area contributed by atoms with E-state index >= 15 is 0 Å². The van der Waals surface area contributed by atoms with Crippen molar-refractivity contribution in [2.75, 3.05) is 0 Å². The van der Waals surface area contributed by atoms with Gasteiger partial charge in [0.1, 0.15) is 6.10 Å². The van der Waals surface area contributed by atoms with Gasteiger partial charge in [-0.3, -0.25) is 0 Å². The zero-order valence-electron chi connectivity index (χ0n) is 11.2. The maximum absolute atomic E-state index is 9.50. The minimum atomic E-state index is -0.545. The lowest BCUT2D eigenvalue weighted by Gasteiger charge is -2.45. The number of hydrogen-bond acceptors (Lipinski definition) is 2. The number of ether oxygens (including phenoxy) is 1. The summed E-state index contributed by atoms with van der Waals surface area (Å²) in [4.78, 5) is 0. The summed E-state index contributed by atoms with van der Waals surface area (Å²) in [7, 11) is 0. The Hall–Kier alpha value is -0.0800. The molecule has 0 bridgehead atoms. The van der Waals surface area contributed by atoms with Crippen LogP contribution in [0.15, 0.2) is 0 Å². The van der Waals surface area contributed by atoms with E-state index in [0.717, 1.165) is 6.42 Å². The van der Waals surface area contributed by atoms with Crippen LogP contribution in [0.1, 0.15) is 54.9 Å². The summed E-state index contributed by atoms with van der Waals surface area (Å²) in [6, 6.07) is 0. The predicted molar refractivity (Wildman–Crippen MR) is 62.5 cm³/mol. The van der Waals surface area contributed by atoms with Gasteiger partial charge in [-0.25, -0.2) is 0 Å². The second-order valence-corrected chi connectivity index (χ2v) is 7.35. The van der Waals surface area contributed by atoms with E-state index in [2.05, 4.69) is 48.5 Å². The SMILES string of the molecule is CC(C)(C)CC(C)(C1OC1O)C(C)(C)C. The molecule has 0 saturated carbocycles. The Balaban J connectivity index is 2.88. The van der Waals surface area contributed by atoms with Crippen LogP contribution in [-0.4, -0.2) is 17.5 Å². The molecule has 1 aliphatic heterocycles. The first-order chi connectivity index (χ1) is 6.47. The smallest absolute Gasteiger partial charge is 0.182 e. The van der Waals surface area contributed by atoms with Gasteiger partial charge in [0.2, 0.25) is 0 Å². The van der Waals surface area contributed by atoms with Gasteiger partial charge in [0.25, 0.3) is 0 Å². The van der Waals surface area contributed by atoms with Crippen LogP contribution in [0.3, 0.4) is 0 Å². The lowest BCUT2D eigenvalue weighted by atomic mass is 9.59. The molecule has 0 aliphatic carbocycles. The van der Waals surface area contributed by atoms with E-state index in [1.54, 1.807) is 0 Å². The molecular formula is C13H26O2. The monoisotopic (exact) mass is 214 g/mol. The lowest BCUT2D eigenvalue weighted by Crippen LogP contribution is -2.41. The van der Waals surface area contributed by atoms with Crippen molar-refractivity contribution in [1.82, 2.24) is 0 Å². The second kappa shape index (κ2) is 3.46. The van der Waals surface area contributed by atoms with Gasteiger partial charge in [0.15, 0.2) is 6.29 Å². The third-order valence-corrected chi connectivity index (χ3v) is 3.71. The molecule has 1 heterocycles. The Morgan fingerprint density at radius 1 is 1.00 bits per heavy atom. The molecule has 2 heteroatoms. The van der Waals surface area contributed by atoms with E-state index in [-0.39, 0.29) is 22.3 Å². The first kappa shape index (κ1) is 13.0. The van der Waals surface area contributed by atoms with Crippen LogP contribution in [-0.2, 0) is 4.74 Å². The Kier molecular flexibility index (Phi) is 2.99. The largest absolute Gasteiger partial charge is 0.366 e. The van der Waals surface area contributed by atoms with Gasteiger partial charge < -0.3 is 9.84 Å². The number of aliphatic hydroxyl groups is 1. The van der Waals surface area contributed by atoms with Crippen LogP contribution >= 0.6 is 0 Å². The van der Waals surface area contributed by atoms with Crippen molar-refractivity contribution in [1.29, 1.82) is 0 Å². The Bertz CT molecular complexity index is 234. The quantitative estimate of drug-likeness (QED) is 0.716. The van der Waals surface area contributed by atoms with Crippen LogP contribution in [0.5, 0.6) is 0 Å². The zero-order valence-corrected chi connectivity index (χ0v) is 11.2. The molecule has 90 valence electrons. The number of aliphatic hydroxyl groups excluding tert-OH is 1. The molecule has 0 aromatic carbocycles. The fraction of sp³-hybridized carbons (Fsp3) is 1.00. The van der Waals surface area contributed by atoms with Crippen molar-refractivity contribution in [2.24, 2.45) is 16.2 Å². The van der Waals surface area contributed by atoms with Gasteiger partial charge in [-0.15, -0.1) is 0 Å². The van der Waals surface area contributed by atoms with E-state index in [0.29, 0.717) is 0 Å². The van der Waals surface area contributed by atoms with E-state index in [1.807, 2.05) is 0 Å². The van der Waals surface area contributed by atoms with E-state index in [9.17, 15) is 5.11 Å². The highest BCUT2D eigenvalue weighted by atomic mass is 16.7. The molecule has 15 heavy (non-hydrogen) atoms. The van der Waals surface area contributed by atoms with Gasteiger partial charge in [-0.1, -0.05) is 48.5 Å². The number of rotatable bonds is 2. The number of hydrogen-bond donors (Lipinski definition) is 1. The van der Waals surface area contributed by atoms with Crippen LogP contribution < -0.4 is 0 Å². The molecule has 0 aromatic heterocycles. The summed E-state index contributed by atoms with van der Waals surface area (Å²) in [6.45, 7) is 15.6. The van der Waals surface area contributed by atoms with E-state index < -0.39 is 6.29 Å². The molecule has 1 rings (SSSR count). The Morgan fingerprint density at radius 3 is 1.60 bits per heavy atom. The standard InChI is InChI=1S/C13H26O2/c1-11(2,3)8-13(7,12(4,5)6)9-10(14)15-9/h9-10,14H,8H2,1-7H3. The van der Waals surface area contributed by atoms with Gasteiger partial charge in [-0.05, 0) is 17.3 Å². The van der Waals surface area contributed by atoms with Gasteiger partial charge >= 0.3 is 0 Å². The van der Waals surface area contributed by atoms with E-state index in [1.165, 1.54) is 0 Å². The third-order valence-electron chi connectivity index (χ3n) is 3.71. The highest BCUT2D eigenvalue weighted by molar-refractivity contribution is 5.01. The molecule has 0 amide bonds. The Labute approximate surface area is 94.0 Å². The summed E-state index contributed by atoms with van der Waals surface area (Å²) in [6.07, 6.45) is 0.527. The van der Waals surface area contributed by atoms with Crippen molar-refractivity contribution in [3.8, 4) is 0 Å². The molecule has 1 saturated heterocycles. The Morgan fingerprint density at radius 2 is 1.40 bits per heavy atom. The average Bonchev–Trinajstić information content (AvgIpc) is 2.60. The van der Waals surface area contributed by atoms with Crippen LogP contribution in [0.2, 0.25) is 0 Å². The molecule has 0 spiro atoms. The average molecular weight is 214 g/mol. The summed E-state index contributed by atoms with van der Waals surface area (Å²) in [5.41, 5.74) is 0.431. The van der Waals surface area contributed by atoms with Gasteiger partial charge in [0, 0.05) is 5.41 Å². The van der Waals surface area contributed by atoms with E-state index in [4.69, 9.17) is 4.74 Å². The van der Waals surface area contributed by atoms with Crippen molar-refractivity contribution in [2.45, 2.75) is 67.3 Å². The molecule has 0 aromatic rings. The fourth-order valence-corrected chi connectivity index (χ4v) is 2.46. The minimum absolute atomic E-state index is 0.0109. The summed E-state index contributed by atoms with van der Waals surface area (Å²) in [5, 5.41) is 9.50. The zero-order chi connectivity index (χ0) is 12.1. The molecular weight excluding hydrogens is 188 g/mol. The molecule has 1 aliphatic rings. The lowest BCUT2D eigenvalue weighted by molar-refractivity contribution is 0.0239. The highest BCUT2D eigenvalue weighted by Gasteiger charge is 2.57. The maximum atomic E-state index is 9.50. The normalized spacial score (nSPS) is 31.2. The van der Waals surface area contributed by atoms with Crippen molar-refractivity contribution >= 4 is 0 Å². The van der Waals surface area contributed by atoms with Crippen LogP contribution in [0.25, 0.3) is 0 Å². The topological polar surface area (TPSA) is 32.8 Å². The number of epoxide rings is 1. The second-order valence-electron chi connectivity index (χ2n) is 7.35. The predicted octanol–water partition coefficient (Wildman–Crippen LogP) is 3.19. The first-order valence-electron chi connectivity index (χ1n) is 5.81. The molecule has 1 fully saturated rings. The molecule has 3 atom stereocenters. The van der Waals surface area contributed by atoms with Crippen molar-refractivity contribution in [3.63, 3.8) is 0 Å². The minimum Gasteiger partial charge on any atom is -0.366 e. The van der Waals surface area contributed by atoms with Crippen LogP contribution in [0.4, 0.5) is 0 Å². The summed E-state index contributed by atoms with van der Waals surface area (Å²) >= 11 is 0. The molecule has 2 nitrogen and oxygen atoms in total. The van der Waals surface area contributed by atoms with Gasteiger partial charge in [0.05, 0.1) is 0 Å². The highest BCUT2D eigenvalue weighted by Crippen LogP contribution is 2.54. The first-order valence-corrected chi connectivity index (χ1v) is 5.81. The summed E-state index contributed by atoms with van der Waals surface area (Å²) in [5.74, 6) is 0.